The molecule has 192 valence electrons. The lowest BCUT2D eigenvalue weighted by molar-refractivity contribution is -0.139. The Labute approximate surface area is 219 Å². The fourth-order valence-electron chi connectivity index (χ4n) is 4.27. The van der Waals surface area contributed by atoms with E-state index >= 15 is 0 Å². The normalized spacial score (nSPS) is 15.2. The summed E-state index contributed by atoms with van der Waals surface area (Å²) in [7, 11) is 0. The maximum atomic E-state index is 13.7. The van der Waals surface area contributed by atoms with Gasteiger partial charge in [0, 0.05) is 11.6 Å². The van der Waals surface area contributed by atoms with Gasteiger partial charge in [-0.15, -0.1) is 0 Å². The first-order valence-corrected chi connectivity index (χ1v) is 12.5. The van der Waals surface area contributed by atoms with Crippen LogP contribution in [0.1, 0.15) is 41.6 Å². The highest BCUT2D eigenvalue weighted by Gasteiger charge is 2.33. The van der Waals surface area contributed by atoms with Gasteiger partial charge in [0.2, 0.25) is 0 Å². The zero-order chi connectivity index (χ0) is 27.0. The number of furan rings is 1. The molecule has 3 heterocycles. The van der Waals surface area contributed by atoms with E-state index in [1.807, 2.05) is 0 Å². The average Bonchev–Trinajstić information content (AvgIpc) is 3.48. The lowest BCUT2D eigenvalue weighted by atomic mass is 9.96. The molecule has 5 rings (SSSR count). The van der Waals surface area contributed by atoms with Crippen molar-refractivity contribution in [3.05, 3.63) is 114 Å². The Bertz CT molecular complexity index is 1780. The molecular weight excluding hydrogens is 511 g/mol. The third-order valence-corrected chi connectivity index (χ3v) is 6.98. The van der Waals surface area contributed by atoms with Crippen molar-refractivity contribution >= 4 is 29.4 Å². The zero-order valence-corrected chi connectivity index (χ0v) is 21.1. The number of hydrogen-bond acceptors (Lipinski definition) is 7. The van der Waals surface area contributed by atoms with E-state index in [4.69, 9.17) is 9.15 Å². The molecule has 0 aliphatic carbocycles. The monoisotopic (exact) mass is 532 g/mol. The van der Waals surface area contributed by atoms with Crippen LogP contribution in [0.15, 0.2) is 86.1 Å². The highest BCUT2D eigenvalue weighted by atomic mass is 32.1. The fraction of sp³-hybridized carbons (Fsp3) is 0.143. The number of carbonyl (C=O) groups excluding carboxylic acids is 1. The van der Waals surface area contributed by atoms with Gasteiger partial charge in [-0.2, -0.15) is 0 Å². The number of nitrogens with zero attached hydrogens (tertiary/aromatic N) is 2. The number of esters is 1. The molecule has 0 amide bonds. The van der Waals surface area contributed by atoms with Crippen LogP contribution in [0.5, 0.6) is 0 Å². The number of halogens is 1. The van der Waals surface area contributed by atoms with E-state index in [2.05, 4.69) is 4.99 Å². The van der Waals surface area contributed by atoms with E-state index in [-0.39, 0.29) is 17.7 Å². The van der Waals surface area contributed by atoms with E-state index < -0.39 is 29.4 Å². The van der Waals surface area contributed by atoms with Crippen LogP contribution in [0.4, 0.5) is 4.39 Å². The third-order valence-electron chi connectivity index (χ3n) is 6.00. The number of fused-ring (bicyclic) bond motifs is 1. The number of carboxylic acids is 1. The number of carbonyl (C=O) groups is 2. The van der Waals surface area contributed by atoms with Crippen LogP contribution in [0.3, 0.4) is 0 Å². The predicted molar refractivity (Wildman–Crippen MR) is 138 cm³/mol. The Balaban J connectivity index is 1.61. The van der Waals surface area contributed by atoms with Gasteiger partial charge in [-0.25, -0.2) is 19.0 Å². The summed E-state index contributed by atoms with van der Waals surface area (Å²) in [6.45, 7) is 3.50. The molecule has 2 aromatic heterocycles. The Hall–Kier alpha value is -4.57. The molecule has 1 atom stereocenters. The summed E-state index contributed by atoms with van der Waals surface area (Å²) in [5.41, 5.74) is 1.46. The third kappa shape index (κ3) is 4.61. The van der Waals surface area contributed by atoms with E-state index in [1.54, 1.807) is 44.2 Å². The molecule has 1 aliphatic heterocycles. The van der Waals surface area contributed by atoms with E-state index in [9.17, 15) is 23.9 Å². The van der Waals surface area contributed by atoms with Crippen LogP contribution in [0.2, 0.25) is 0 Å². The fourth-order valence-corrected chi connectivity index (χ4v) is 5.30. The van der Waals surface area contributed by atoms with Gasteiger partial charge >= 0.3 is 11.9 Å². The smallest absolute Gasteiger partial charge is 0.338 e. The van der Waals surface area contributed by atoms with Crippen molar-refractivity contribution in [2.45, 2.75) is 19.9 Å². The van der Waals surface area contributed by atoms with Crippen molar-refractivity contribution in [2.24, 2.45) is 4.99 Å². The molecule has 1 N–H and O–H groups in total. The van der Waals surface area contributed by atoms with E-state index in [0.29, 0.717) is 37.7 Å². The molecule has 4 aromatic rings. The molecule has 0 unspecified atom stereocenters. The van der Waals surface area contributed by atoms with Gasteiger partial charge in [0.15, 0.2) is 4.80 Å². The quantitative estimate of drug-likeness (QED) is 0.377. The number of aromatic carboxylic acids is 1. The molecule has 0 saturated carbocycles. The van der Waals surface area contributed by atoms with Crippen LogP contribution < -0.4 is 14.9 Å². The number of rotatable bonds is 6. The lowest BCUT2D eigenvalue weighted by Crippen LogP contribution is -2.39. The second kappa shape index (κ2) is 10.1. The molecule has 8 nitrogen and oxygen atoms in total. The molecule has 0 spiro atoms. The van der Waals surface area contributed by atoms with Gasteiger partial charge in [0.1, 0.15) is 17.3 Å². The number of carboxylic acid groups (broad SMARTS) is 1. The van der Waals surface area contributed by atoms with Crippen molar-refractivity contribution in [3.8, 4) is 11.3 Å². The van der Waals surface area contributed by atoms with Gasteiger partial charge < -0.3 is 14.3 Å². The molecule has 0 bridgehead atoms. The van der Waals surface area contributed by atoms with Gasteiger partial charge in [0.05, 0.1) is 34.0 Å². The van der Waals surface area contributed by atoms with Gasteiger partial charge in [-0.1, -0.05) is 35.6 Å². The zero-order valence-electron chi connectivity index (χ0n) is 20.3. The SMILES string of the molecule is CCOC(=O)C1=C(C)N=c2s/c(=C/c3ccc(-c4cccc(C(=O)O)c4)o3)c(=O)n2[C@H]1c1ccc(F)cc1. The Morgan fingerprint density at radius 2 is 1.95 bits per heavy atom. The second-order valence-electron chi connectivity index (χ2n) is 8.44. The number of aromatic nitrogens is 1. The van der Waals surface area contributed by atoms with Crippen molar-refractivity contribution in [1.29, 1.82) is 0 Å². The first kappa shape index (κ1) is 25.1. The summed E-state index contributed by atoms with van der Waals surface area (Å²) in [4.78, 5) is 42.7. The first-order chi connectivity index (χ1) is 18.3. The van der Waals surface area contributed by atoms with Crippen molar-refractivity contribution < 1.29 is 28.2 Å². The van der Waals surface area contributed by atoms with E-state index in [0.717, 1.165) is 11.3 Å². The molecule has 2 aromatic carbocycles. The molecule has 1 aliphatic rings. The number of allylic oxidation sites excluding steroid dienone is 1. The standard InChI is InChI=1S/C28H21FN2O6S/c1-3-36-27(35)23-15(2)30-28-31(24(23)16-7-9-19(29)10-8-16)25(32)22(38-28)14-20-11-12-21(37-20)17-5-4-6-18(13-17)26(33)34/h4-14,24H,3H2,1-2H3,(H,33,34)/b22-14+/t24-/m0/s1. The summed E-state index contributed by atoms with van der Waals surface area (Å²) in [6, 6.07) is 14.4. The summed E-state index contributed by atoms with van der Waals surface area (Å²) >= 11 is 1.13. The van der Waals surface area contributed by atoms with Gasteiger partial charge in [-0.05, 0) is 55.8 Å². The first-order valence-electron chi connectivity index (χ1n) is 11.7. The van der Waals surface area contributed by atoms with Crippen LogP contribution in [-0.2, 0) is 9.53 Å². The molecular formula is C28H21FN2O6S. The minimum Gasteiger partial charge on any atom is -0.478 e. The number of ether oxygens (including phenoxy) is 1. The highest BCUT2D eigenvalue weighted by Crippen LogP contribution is 2.31. The highest BCUT2D eigenvalue weighted by molar-refractivity contribution is 7.07. The van der Waals surface area contributed by atoms with Crippen molar-refractivity contribution in [2.75, 3.05) is 6.61 Å². The summed E-state index contributed by atoms with van der Waals surface area (Å²) in [5.74, 6) is -1.27. The molecule has 0 saturated heterocycles. The Kier molecular flexibility index (Phi) is 6.64. The molecule has 10 heteroatoms. The Morgan fingerprint density at radius 1 is 1.18 bits per heavy atom. The summed E-state index contributed by atoms with van der Waals surface area (Å²) in [5, 5.41) is 9.25. The summed E-state index contributed by atoms with van der Waals surface area (Å²) in [6.07, 6.45) is 1.57. The molecule has 0 radical (unpaired) electrons. The maximum absolute atomic E-state index is 13.7. The lowest BCUT2D eigenvalue weighted by Gasteiger charge is -2.24. The van der Waals surface area contributed by atoms with Gasteiger partial charge in [-0.3, -0.25) is 9.36 Å². The van der Waals surface area contributed by atoms with Crippen molar-refractivity contribution in [3.63, 3.8) is 0 Å². The topological polar surface area (TPSA) is 111 Å². The molecule has 0 fully saturated rings. The minimum absolute atomic E-state index is 0.127. The Morgan fingerprint density at radius 3 is 2.66 bits per heavy atom. The predicted octanol–water partition coefficient (Wildman–Crippen LogP) is 3.90. The average molecular weight is 533 g/mol. The second-order valence-corrected chi connectivity index (χ2v) is 9.45. The largest absolute Gasteiger partial charge is 0.478 e. The number of benzene rings is 2. The van der Waals surface area contributed by atoms with Crippen molar-refractivity contribution in [1.82, 2.24) is 4.57 Å². The minimum atomic E-state index is -1.05. The van der Waals surface area contributed by atoms with Crippen LogP contribution in [0.25, 0.3) is 17.4 Å². The molecule has 38 heavy (non-hydrogen) atoms. The van der Waals surface area contributed by atoms with Crippen LogP contribution in [-0.4, -0.2) is 28.2 Å². The summed E-state index contributed by atoms with van der Waals surface area (Å²) < 4.78 is 26.5. The van der Waals surface area contributed by atoms with Crippen LogP contribution in [0, 0.1) is 5.82 Å². The number of thiazole rings is 1. The number of hydrogen-bond donors (Lipinski definition) is 1. The van der Waals surface area contributed by atoms with Crippen LogP contribution >= 0.6 is 11.3 Å². The maximum Gasteiger partial charge on any atom is 0.338 e. The van der Waals surface area contributed by atoms with Gasteiger partial charge in [0.25, 0.3) is 5.56 Å². The van der Waals surface area contributed by atoms with E-state index in [1.165, 1.54) is 41.0 Å².